The summed E-state index contributed by atoms with van der Waals surface area (Å²) >= 11 is 1.86. The van der Waals surface area contributed by atoms with E-state index in [1.54, 1.807) is 0 Å². The number of thiophene rings is 1. The zero-order valence-electron chi connectivity index (χ0n) is 37.8. The molecule has 3 aromatic heterocycles. The Hall–Kier alpha value is -8.96. The Balaban J connectivity index is 0.980. The van der Waals surface area contributed by atoms with Gasteiger partial charge in [0.2, 0.25) is 0 Å². The molecule has 0 bridgehead atoms. The lowest BCUT2D eigenvalue weighted by atomic mass is 9.91. The molecule has 0 aliphatic carbocycles. The van der Waals surface area contributed by atoms with Crippen molar-refractivity contribution >= 4 is 125 Å². The maximum atomic E-state index is 6.80. The van der Waals surface area contributed by atoms with Crippen LogP contribution in [0.25, 0.3) is 124 Å². The second-order valence-electron chi connectivity index (χ2n) is 18.3. The average molecular weight is 909 g/mol. The predicted octanol–water partition coefficient (Wildman–Crippen LogP) is 19.3. The number of para-hydroxylation sites is 2. The maximum absolute atomic E-state index is 6.80. The monoisotopic (exact) mass is 908 g/mol. The van der Waals surface area contributed by atoms with Crippen LogP contribution in [-0.2, 0) is 0 Å². The molecule has 3 nitrogen and oxygen atoms in total. The van der Waals surface area contributed by atoms with E-state index in [4.69, 9.17) is 4.42 Å². The Morgan fingerprint density at radius 2 is 0.914 bits per heavy atom. The van der Waals surface area contributed by atoms with Crippen LogP contribution in [0, 0.1) is 0 Å². The SMILES string of the molecule is c1ccc(-c2c3c(cc4c2c2cc(-c5ccc6c7ccccc7c7ccccc7c6c5)ccc2n4-c2ccc(N(c4ccccc4)c4cccc5c4sc4ccccc45)cc2)oc2ccccc23)cc1. The molecule has 15 rings (SSSR count). The predicted molar refractivity (Wildman–Crippen MR) is 299 cm³/mol. The van der Waals surface area contributed by atoms with Crippen molar-refractivity contribution in [3.05, 3.63) is 243 Å². The van der Waals surface area contributed by atoms with E-state index in [0.29, 0.717) is 0 Å². The number of rotatable bonds is 6. The van der Waals surface area contributed by atoms with Crippen LogP contribution in [0.1, 0.15) is 0 Å². The van der Waals surface area contributed by atoms with Crippen molar-refractivity contribution in [3.63, 3.8) is 0 Å². The number of nitrogens with zero attached hydrogens (tertiary/aromatic N) is 2. The molecular weight excluding hydrogens is 869 g/mol. The quantitative estimate of drug-likeness (QED) is 0.155. The van der Waals surface area contributed by atoms with Gasteiger partial charge in [0, 0.05) is 65.7 Å². The van der Waals surface area contributed by atoms with Gasteiger partial charge >= 0.3 is 0 Å². The highest BCUT2D eigenvalue weighted by atomic mass is 32.1. The van der Waals surface area contributed by atoms with Gasteiger partial charge in [-0.1, -0.05) is 164 Å². The van der Waals surface area contributed by atoms with Gasteiger partial charge in [0.15, 0.2) is 0 Å². The number of aromatic nitrogens is 1. The second kappa shape index (κ2) is 15.3. The van der Waals surface area contributed by atoms with E-state index in [2.05, 4.69) is 252 Å². The van der Waals surface area contributed by atoms with E-state index in [1.165, 1.54) is 80.0 Å². The molecule has 326 valence electrons. The zero-order valence-corrected chi connectivity index (χ0v) is 38.6. The third-order valence-corrected chi connectivity index (χ3v) is 15.7. The number of furan rings is 1. The van der Waals surface area contributed by atoms with Gasteiger partial charge in [-0.05, 0) is 122 Å². The largest absolute Gasteiger partial charge is 0.456 e. The Morgan fingerprint density at radius 3 is 1.66 bits per heavy atom. The summed E-state index contributed by atoms with van der Waals surface area (Å²) in [6.45, 7) is 0. The summed E-state index contributed by atoms with van der Waals surface area (Å²) in [4.78, 5) is 2.40. The fourth-order valence-electron chi connectivity index (χ4n) is 11.5. The van der Waals surface area contributed by atoms with Crippen LogP contribution in [-0.4, -0.2) is 4.57 Å². The molecule has 0 amide bonds. The minimum atomic E-state index is 0.869. The van der Waals surface area contributed by atoms with Crippen molar-refractivity contribution in [2.24, 2.45) is 0 Å². The topological polar surface area (TPSA) is 21.3 Å². The molecule has 0 fully saturated rings. The van der Waals surface area contributed by atoms with E-state index in [-0.39, 0.29) is 0 Å². The molecule has 0 saturated carbocycles. The summed E-state index contributed by atoms with van der Waals surface area (Å²) < 4.78 is 11.8. The molecule has 3 heterocycles. The van der Waals surface area contributed by atoms with Gasteiger partial charge in [0.1, 0.15) is 11.2 Å². The van der Waals surface area contributed by atoms with Gasteiger partial charge in [-0.3, -0.25) is 0 Å². The summed E-state index contributed by atoms with van der Waals surface area (Å²) in [7, 11) is 0. The molecule has 0 atom stereocenters. The highest BCUT2D eigenvalue weighted by molar-refractivity contribution is 7.26. The minimum Gasteiger partial charge on any atom is -0.456 e. The summed E-state index contributed by atoms with van der Waals surface area (Å²) in [6.07, 6.45) is 0. The van der Waals surface area contributed by atoms with Gasteiger partial charge in [-0.15, -0.1) is 11.3 Å². The van der Waals surface area contributed by atoms with Gasteiger partial charge < -0.3 is 13.9 Å². The van der Waals surface area contributed by atoms with Crippen molar-refractivity contribution in [2.75, 3.05) is 4.90 Å². The maximum Gasteiger partial charge on any atom is 0.138 e. The molecule has 0 aliphatic rings. The minimum absolute atomic E-state index is 0.869. The van der Waals surface area contributed by atoms with Crippen molar-refractivity contribution < 1.29 is 4.42 Å². The average Bonchev–Trinajstić information content (AvgIpc) is 4.11. The van der Waals surface area contributed by atoms with Crippen molar-refractivity contribution in [2.45, 2.75) is 0 Å². The molecule has 4 heteroatoms. The van der Waals surface area contributed by atoms with Crippen LogP contribution < -0.4 is 4.90 Å². The van der Waals surface area contributed by atoms with Crippen LogP contribution in [0.15, 0.2) is 247 Å². The molecule has 0 radical (unpaired) electrons. The molecule has 15 aromatic rings. The Bertz CT molecular complexity index is 4550. The summed E-state index contributed by atoms with van der Waals surface area (Å²) in [5.41, 5.74) is 13.1. The van der Waals surface area contributed by atoms with Crippen LogP contribution in [0.5, 0.6) is 0 Å². The summed E-state index contributed by atoms with van der Waals surface area (Å²) in [5, 5.41) is 14.8. The number of hydrogen-bond acceptors (Lipinski definition) is 3. The molecule has 0 saturated heterocycles. The Labute approximate surface area is 406 Å². The first kappa shape index (κ1) is 39.1. The van der Waals surface area contributed by atoms with Crippen LogP contribution in [0.4, 0.5) is 17.1 Å². The first-order valence-electron chi connectivity index (χ1n) is 23.9. The molecule has 0 aliphatic heterocycles. The fourth-order valence-corrected chi connectivity index (χ4v) is 12.7. The van der Waals surface area contributed by atoms with Crippen molar-refractivity contribution in [1.82, 2.24) is 4.57 Å². The normalized spacial score (nSPS) is 12.0. The van der Waals surface area contributed by atoms with E-state index in [1.807, 2.05) is 11.3 Å². The number of anilines is 3. The highest BCUT2D eigenvalue weighted by Crippen LogP contribution is 2.49. The lowest BCUT2D eigenvalue weighted by Crippen LogP contribution is -2.10. The Morgan fingerprint density at radius 1 is 0.343 bits per heavy atom. The molecule has 12 aromatic carbocycles. The standard InChI is InChI=1S/C66H40N2OS/c1-3-16-41(17-4-1)63-64-56-39-43(42-30-36-51-49-22-8-7-20-47(49)48-21-9-10-23-50(48)55(51)38-42)31-37-57(56)68(59(64)40-61-65(63)54-25-11-13-28-60(54)69-61)46-34-32-45(33-35-46)67(44-18-5-2-6-19-44)58-27-15-26-53-52-24-12-14-29-62(52)70-66(53)58/h1-40H. The van der Waals surface area contributed by atoms with Gasteiger partial charge in [-0.25, -0.2) is 0 Å². The highest BCUT2D eigenvalue weighted by Gasteiger charge is 2.24. The van der Waals surface area contributed by atoms with Gasteiger partial charge in [-0.2, -0.15) is 0 Å². The van der Waals surface area contributed by atoms with E-state index in [0.717, 1.165) is 61.3 Å². The third-order valence-electron chi connectivity index (χ3n) is 14.5. The fraction of sp³-hybridized carbons (Fsp3) is 0. The van der Waals surface area contributed by atoms with Crippen LogP contribution in [0.2, 0.25) is 0 Å². The second-order valence-corrected chi connectivity index (χ2v) is 19.4. The first-order chi connectivity index (χ1) is 34.7. The van der Waals surface area contributed by atoms with E-state index < -0.39 is 0 Å². The van der Waals surface area contributed by atoms with E-state index in [9.17, 15) is 0 Å². The molecule has 70 heavy (non-hydrogen) atoms. The summed E-state index contributed by atoms with van der Waals surface area (Å²) in [5.74, 6) is 0. The molecule has 0 spiro atoms. The number of fused-ring (bicyclic) bond motifs is 15. The van der Waals surface area contributed by atoms with Gasteiger partial charge in [0.25, 0.3) is 0 Å². The number of benzene rings is 12. The lowest BCUT2D eigenvalue weighted by molar-refractivity contribution is 0.669. The lowest BCUT2D eigenvalue weighted by Gasteiger charge is -2.26. The summed E-state index contributed by atoms with van der Waals surface area (Å²) in [6, 6.07) is 88.7. The van der Waals surface area contributed by atoms with Crippen LogP contribution in [0.3, 0.4) is 0 Å². The van der Waals surface area contributed by atoms with Crippen LogP contribution >= 0.6 is 11.3 Å². The number of hydrogen-bond donors (Lipinski definition) is 0. The molecule has 0 N–H and O–H groups in total. The molecular formula is C66H40N2OS. The Kier molecular flexibility index (Phi) is 8.53. The van der Waals surface area contributed by atoms with Gasteiger partial charge in [0.05, 0.1) is 21.4 Å². The van der Waals surface area contributed by atoms with Crippen molar-refractivity contribution in [1.29, 1.82) is 0 Å². The molecule has 0 unspecified atom stereocenters. The van der Waals surface area contributed by atoms with Crippen molar-refractivity contribution in [3.8, 4) is 27.9 Å². The van der Waals surface area contributed by atoms with E-state index >= 15 is 0 Å². The smallest absolute Gasteiger partial charge is 0.138 e. The third kappa shape index (κ3) is 5.81. The first-order valence-corrected chi connectivity index (χ1v) is 24.7. The zero-order chi connectivity index (χ0) is 45.9.